The first kappa shape index (κ1) is 25.4. The smallest absolute Gasteiger partial charge is 0.311 e. The van der Waals surface area contributed by atoms with Crippen LogP contribution >= 0.6 is 23.4 Å². The van der Waals surface area contributed by atoms with E-state index in [4.69, 9.17) is 21.4 Å². The standard InChI is InChI=1S/C27H31ClN2O5S/c1-17-9-6-10-18(28)22(17)29-14-8-12-27-21(20-19(36-27)11-7-16-35-26(20)34)24(32)30(23(27)25(29)33)13-4-2-3-5-15-31/h6-12,19-21,23,31H,2-5,13-16H2,1H3/t19-,20+,21+,23?,27+/m1/s1. The molecule has 4 aliphatic rings. The van der Waals surface area contributed by atoms with Crippen LogP contribution in [0.15, 0.2) is 42.5 Å². The number of unbranched alkanes of at least 4 members (excludes halogenated alkanes) is 3. The van der Waals surface area contributed by atoms with E-state index >= 15 is 0 Å². The number of carbonyl (C=O) groups excluding carboxylic acids is 3. The lowest BCUT2D eigenvalue weighted by atomic mass is 9.78. The number of nitrogens with zero attached hydrogens (tertiary/aromatic N) is 2. The van der Waals surface area contributed by atoms with E-state index in [1.165, 1.54) is 0 Å². The molecule has 1 aromatic carbocycles. The van der Waals surface area contributed by atoms with E-state index in [1.807, 2.05) is 43.4 Å². The van der Waals surface area contributed by atoms with Gasteiger partial charge in [0, 0.05) is 24.9 Å². The van der Waals surface area contributed by atoms with Crippen molar-refractivity contribution < 1.29 is 24.2 Å². The Morgan fingerprint density at radius 2 is 1.94 bits per heavy atom. The summed E-state index contributed by atoms with van der Waals surface area (Å²) in [6.07, 6.45) is 10.8. The molecular weight excluding hydrogens is 500 g/mol. The van der Waals surface area contributed by atoms with Crippen LogP contribution in [0.4, 0.5) is 5.69 Å². The van der Waals surface area contributed by atoms with Crippen LogP contribution in [0, 0.1) is 18.8 Å². The highest BCUT2D eigenvalue weighted by Gasteiger charge is 2.71. The second-order valence-electron chi connectivity index (χ2n) is 9.83. The normalized spacial score (nSPS) is 31.1. The summed E-state index contributed by atoms with van der Waals surface area (Å²) in [5.41, 5.74) is 1.54. The SMILES string of the molecule is Cc1cccc(Cl)c1N1CC=C[C@]23S[C@@H]4C=CCOC(=O)[C@@H]4[C@H]2C(=O)N(CCCCCCO)C3C1=O. The Hall–Kier alpha value is -2.29. The van der Waals surface area contributed by atoms with Gasteiger partial charge in [-0.25, -0.2) is 0 Å². The molecule has 5 rings (SSSR count). The number of benzene rings is 1. The van der Waals surface area contributed by atoms with Gasteiger partial charge in [-0.3, -0.25) is 14.4 Å². The molecule has 2 fully saturated rings. The van der Waals surface area contributed by atoms with E-state index < -0.39 is 22.6 Å². The number of fused-ring (bicyclic) bond motifs is 2. The summed E-state index contributed by atoms with van der Waals surface area (Å²) in [6, 6.07) is 4.79. The molecule has 192 valence electrons. The van der Waals surface area contributed by atoms with Crippen LogP contribution in [0.5, 0.6) is 0 Å². The minimum absolute atomic E-state index is 0.140. The Kier molecular flexibility index (Phi) is 7.21. The summed E-state index contributed by atoms with van der Waals surface area (Å²) in [5, 5.41) is 9.36. The highest BCUT2D eigenvalue weighted by atomic mass is 35.5. The maximum atomic E-state index is 14.4. The Balaban J connectivity index is 1.56. The van der Waals surface area contributed by atoms with Crippen molar-refractivity contribution in [1.29, 1.82) is 0 Å². The van der Waals surface area contributed by atoms with Crippen LogP contribution in [0.3, 0.4) is 0 Å². The molecule has 0 radical (unpaired) electrons. The van der Waals surface area contributed by atoms with Gasteiger partial charge in [0.2, 0.25) is 5.91 Å². The molecule has 0 saturated carbocycles. The van der Waals surface area contributed by atoms with Crippen LogP contribution in [-0.4, -0.2) is 70.1 Å². The maximum Gasteiger partial charge on any atom is 0.311 e. The van der Waals surface area contributed by atoms with E-state index in [-0.39, 0.29) is 36.2 Å². The number of cyclic esters (lactones) is 1. The number of thioether (sulfide) groups is 1. The Bertz CT molecular complexity index is 1100. The lowest BCUT2D eigenvalue weighted by Gasteiger charge is -2.35. The third kappa shape index (κ3) is 4.07. The molecule has 5 atom stereocenters. The fourth-order valence-electron chi connectivity index (χ4n) is 6.12. The average Bonchev–Trinajstić information content (AvgIpc) is 3.14. The number of hydrogen-bond acceptors (Lipinski definition) is 6. The van der Waals surface area contributed by atoms with E-state index in [1.54, 1.807) is 27.6 Å². The van der Waals surface area contributed by atoms with Crippen molar-refractivity contribution in [3.05, 3.63) is 53.1 Å². The van der Waals surface area contributed by atoms with Crippen LogP contribution in [0.2, 0.25) is 5.02 Å². The molecule has 4 heterocycles. The zero-order valence-corrected chi connectivity index (χ0v) is 21.8. The summed E-state index contributed by atoms with van der Waals surface area (Å²) in [4.78, 5) is 44.8. The number of halogens is 1. The third-order valence-corrected chi connectivity index (χ3v) is 9.73. The summed E-state index contributed by atoms with van der Waals surface area (Å²) < 4.78 is 4.56. The van der Waals surface area contributed by atoms with Crippen molar-refractivity contribution in [2.75, 3.05) is 31.2 Å². The van der Waals surface area contributed by atoms with Gasteiger partial charge >= 0.3 is 5.97 Å². The quantitative estimate of drug-likeness (QED) is 0.330. The first-order valence-corrected chi connectivity index (χ1v) is 13.8. The number of rotatable bonds is 7. The van der Waals surface area contributed by atoms with Gasteiger partial charge in [-0.05, 0) is 31.4 Å². The Morgan fingerprint density at radius 1 is 1.14 bits per heavy atom. The summed E-state index contributed by atoms with van der Waals surface area (Å²) >= 11 is 8.11. The fourth-order valence-corrected chi connectivity index (χ4v) is 8.45. The fraction of sp³-hybridized carbons (Fsp3) is 0.519. The van der Waals surface area contributed by atoms with Crippen molar-refractivity contribution in [3.8, 4) is 0 Å². The molecule has 2 saturated heterocycles. The molecule has 36 heavy (non-hydrogen) atoms. The van der Waals surface area contributed by atoms with Gasteiger partial charge in [0.25, 0.3) is 5.91 Å². The molecule has 0 aromatic heterocycles. The molecule has 9 heteroatoms. The van der Waals surface area contributed by atoms with Gasteiger partial charge in [0.15, 0.2) is 0 Å². The number of likely N-dealkylation sites (tertiary alicyclic amines) is 1. The Morgan fingerprint density at radius 3 is 2.72 bits per heavy atom. The molecule has 4 aliphatic heterocycles. The molecule has 1 aromatic rings. The molecule has 2 amide bonds. The second-order valence-corrected chi connectivity index (χ2v) is 11.7. The second kappa shape index (κ2) is 10.2. The summed E-state index contributed by atoms with van der Waals surface area (Å²) in [7, 11) is 0. The number of esters is 1. The third-order valence-electron chi connectivity index (χ3n) is 7.68. The highest BCUT2D eigenvalue weighted by Crippen LogP contribution is 2.61. The molecule has 1 N–H and O–H groups in total. The molecule has 0 bridgehead atoms. The molecule has 1 unspecified atom stereocenters. The zero-order valence-electron chi connectivity index (χ0n) is 20.3. The van der Waals surface area contributed by atoms with E-state index in [0.717, 1.165) is 24.8 Å². The number of aliphatic hydroxyl groups excluding tert-OH is 1. The summed E-state index contributed by atoms with van der Waals surface area (Å²) in [6.45, 7) is 3.02. The van der Waals surface area contributed by atoms with E-state index in [0.29, 0.717) is 30.2 Å². The van der Waals surface area contributed by atoms with Crippen LogP contribution in [-0.2, 0) is 19.1 Å². The number of aliphatic hydroxyl groups is 1. The number of carbonyl (C=O) groups is 3. The highest BCUT2D eigenvalue weighted by molar-refractivity contribution is 8.02. The molecule has 7 nitrogen and oxygen atoms in total. The van der Waals surface area contributed by atoms with Crippen molar-refractivity contribution in [2.24, 2.45) is 11.8 Å². The monoisotopic (exact) mass is 530 g/mol. The van der Waals surface area contributed by atoms with Gasteiger partial charge in [0.05, 0.1) is 27.3 Å². The largest absolute Gasteiger partial charge is 0.461 e. The van der Waals surface area contributed by atoms with E-state index in [9.17, 15) is 14.4 Å². The minimum atomic E-state index is -0.862. The van der Waals surface area contributed by atoms with Gasteiger partial charge in [-0.2, -0.15) is 0 Å². The van der Waals surface area contributed by atoms with Crippen molar-refractivity contribution in [2.45, 2.75) is 48.6 Å². The van der Waals surface area contributed by atoms with Gasteiger partial charge in [0.1, 0.15) is 12.6 Å². The topological polar surface area (TPSA) is 87.2 Å². The zero-order chi connectivity index (χ0) is 25.4. The summed E-state index contributed by atoms with van der Waals surface area (Å²) in [5.74, 6) is -2.01. The van der Waals surface area contributed by atoms with Crippen LogP contribution in [0.25, 0.3) is 0 Å². The first-order valence-electron chi connectivity index (χ1n) is 12.6. The van der Waals surface area contributed by atoms with Crippen molar-refractivity contribution >= 4 is 46.8 Å². The van der Waals surface area contributed by atoms with Crippen LogP contribution in [0.1, 0.15) is 31.2 Å². The predicted molar refractivity (Wildman–Crippen MR) is 140 cm³/mol. The molecule has 1 spiro atoms. The lowest BCUT2D eigenvalue weighted by molar-refractivity contribution is -0.151. The minimum Gasteiger partial charge on any atom is -0.461 e. The molecule has 0 aliphatic carbocycles. The number of para-hydroxylation sites is 1. The van der Waals surface area contributed by atoms with Crippen LogP contribution < -0.4 is 4.90 Å². The van der Waals surface area contributed by atoms with E-state index in [2.05, 4.69) is 0 Å². The van der Waals surface area contributed by atoms with Gasteiger partial charge in [-0.1, -0.05) is 60.9 Å². The van der Waals surface area contributed by atoms with Gasteiger partial charge in [-0.15, -0.1) is 11.8 Å². The number of ether oxygens (including phenoxy) is 1. The number of hydrogen-bond donors (Lipinski definition) is 1. The molecular formula is C27H31ClN2O5S. The average molecular weight is 531 g/mol. The predicted octanol–water partition coefficient (Wildman–Crippen LogP) is 3.51. The number of aryl methyl sites for hydroxylation is 1. The maximum absolute atomic E-state index is 14.4. The van der Waals surface area contributed by atoms with Gasteiger partial charge < -0.3 is 19.6 Å². The number of anilines is 1. The van der Waals surface area contributed by atoms with Crippen molar-refractivity contribution in [1.82, 2.24) is 4.90 Å². The van der Waals surface area contributed by atoms with Crippen molar-refractivity contribution in [3.63, 3.8) is 0 Å². The Labute approximate surface area is 220 Å². The first-order chi connectivity index (χ1) is 17.4. The lowest BCUT2D eigenvalue weighted by Crippen LogP contribution is -2.53. The number of amides is 2.